The number of nitrogen functional groups attached to an aromatic ring is 1. The maximum absolute atomic E-state index is 11.9. The molecule has 6 nitrogen and oxygen atoms in total. The molecule has 0 unspecified atom stereocenters. The first-order valence-corrected chi connectivity index (χ1v) is 7.86. The van der Waals surface area contributed by atoms with Crippen molar-refractivity contribution < 1.29 is 8.42 Å². The Hall–Kier alpha value is -1.19. The van der Waals surface area contributed by atoms with Crippen LogP contribution < -0.4 is 10.5 Å². The molecule has 0 fully saturated rings. The molecule has 3 N–H and O–H groups in total. The number of benzene rings is 1. The minimum Gasteiger partial charge on any atom is -0.374 e. The van der Waals surface area contributed by atoms with Crippen molar-refractivity contribution in [3.8, 4) is 0 Å². The number of rotatable bonds is 3. The Morgan fingerprint density at radius 3 is 2.67 bits per heavy atom. The van der Waals surface area contributed by atoms with Gasteiger partial charge in [0.1, 0.15) is 0 Å². The number of nitrogens with one attached hydrogen (secondary N) is 1. The van der Waals surface area contributed by atoms with Crippen molar-refractivity contribution in [3.63, 3.8) is 0 Å². The van der Waals surface area contributed by atoms with Crippen LogP contribution in [0, 0.1) is 6.92 Å². The molecule has 2 aromatic rings. The van der Waals surface area contributed by atoms with Gasteiger partial charge >= 0.3 is 0 Å². The molecule has 0 saturated heterocycles. The van der Waals surface area contributed by atoms with E-state index in [0.29, 0.717) is 5.69 Å². The van der Waals surface area contributed by atoms with Crippen molar-refractivity contribution in [2.24, 2.45) is 0 Å². The molecule has 0 aliphatic rings. The van der Waals surface area contributed by atoms with Gasteiger partial charge < -0.3 is 5.73 Å². The number of nitrogens with zero attached hydrogens (tertiary/aromatic N) is 2. The van der Waals surface area contributed by atoms with Crippen LogP contribution in [0.1, 0.15) is 5.56 Å². The van der Waals surface area contributed by atoms with Crippen LogP contribution in [0.15, 0.2) is 27.0 Å². The van der Waals surface area contributed by atoms with E-state index in [9.17, 15) is 8.42 Å². The van der Waals surface area contributed by atoms with Crippen molar-refractivity contribution in [3.05, 3.63) is 28.2 Å². The summed E-state index contributed by atoms with van der Waals surface area (Å²) in [4.78, 5) is 0. The quantitative estimate of drug-likeness (QED) is 0.883. The van der Waals surface area contributed by atoms with Gasteiger partial charge in [0, 0.05) is 10.2 Å². The van der Waals surface area contributed by atoms with Gasteiger partial charge in [0.15, 0.2) is 0 Å². The predicted octanol–water partition coefficient (Wildman–Crippen LogP) is 1.99. The second-order valence-corrected chi connectivity index (χ2v) is 7.20. The summed E-state index contributed by atoms with van der Waals surface area (Å²) in [5, 5.41) is 7.10. The molecule has 9 heteroatoms. The van der Waals surface area contributed by atoms with Gasteiger partial charge in [-0.05, 0) is 30.7 Å². The number of nitrogens with two attached hydrogens (primary N) is 1. The van der Waals surface area contributed by atoms with Gasteiger partial charge in [-0.2, -0.15) is 8.42 Å². The van der Waals surface area contributed by atoms with Gasteiger partial charge in [-0.1, -0.05) is 27.3 Å². The van der Waals surface area contributed by atoms with Gasteiger partial charge in [-0.15, -0.1) is 10.2 Å². The monoisotopic (exact) mass is 348 g/mol. The first kappa shape index (κ1) is 13.2. The minimum atomic E-state index is -3.72. The van der Waals surface area contributed by atoms with E-state index in [1.807, 2.05) is 6.92 Å². The number of aromatic nitrogens is 2. The number of hydrogen-bond donors (Lipinski definition) is 2. The Kier molecular flexibility index (Phi) is 3.55. The van der Waals surface area contributed by atoms with Crippen molar-refractivity contribution >= 4 is 48.1 Å². The average Bonchev–Trinajstić information content (AvgIpc) is 2.71. The third kappa shape index (κ3) is 2.79. The molecule has 18 heavy (non-hydrogen) atoms. The van der Waals surface area contributed by atoms with Gasteiger partial charge in [0.05, 0.1) is 0 Å². The summed E-state index contributed by atoms with van der Waals surface area (Å²) in [6.45, 7) is 1.87. The molecule has 0 radical (unpaired) electrons. The number of anilines is 2. The molecule has 0 bridgehead atoms. The van der Waals surface area contributed by atoms with E-state index in [0.717, 1.165) is 21.4 Å². The normalized spacial score (nSPS) is 11.4. The topological polar surface area (TPSA) is 98.0 Å². The molecule has 0 aliphatic carbocycles. The van der Waals surface area contributed by atoms with Crippen LogP contribution >= 0.6 is 27.3 Å². The van der Waals surface area contributed by atoms with Crippen LogP contribution in [-0.2, 0) is 10.0 Å². The third-order valence-electron chi connectivity index (χ3n) is 2.06. The van der Waals surface area contributed by atoms with Gasteiger partial charge in [0.25, 0.3) is 14.4 Å². The van der Waals surface area contributed by atoms with Crippen molar-refractivity contribution in [1.82, 2.24) is 10.2 Å². The summed E-state index contributed by atoms with van der Waals surface area (Å²) < 4.78 is 27.1. The molecule has 2 rings (SSSR count). The fourth-order valence-electron chi connectivity index (χ4n) is 1.24. The average molecular weight is 349 g/mol. The van der Waals surface area contributed by atoms with E-state index < -0.39 is 10.0 Å². The van der Waals surface area contributed by atoms with E-state index >= 15 is 0 Å². The summed E-state index contributed by atoms with van der Waals surface area (Å²) in [6, 6.07) is 5.13. The number of sulfonamides is 1. The van der Waals surface area contributed by atoms with Crippen LogP contribution in [0.2, 0.25) is 0 Å². The Balaban J connectivity index is 2.30. The Labute approximate surface area is 116 Å². The first-order valence-electron chi connectivity index (χ1n) is 4.76. The van der Waals surface area contributed by atoms with Gasteiger partial charge in [-0.3, -0.25) is 4.72 Å². The Bertz CT molecular complexity index is 684. The second-order valence-electron chi connectivity index (χ2n) is 3.48. The fourth-order valence-corrected chi connectivity index (χ4v) is 3.32. The lowest BCUT2D eigenvalue weighted by Crippen LogP contribution is -2.12. The lowest BCUT2D eigenvalue weighted by Gasteiger charge is -2.06. The number of halogens is 1. The fraction of sp³-hybridized carbons (Fsp3) is 0.111. The molecule has 1 aromatic carbocycles. The highest BCUT2D eigenvalue weighted by molar-refractivity contribution is 9.10. The van der Waals surface area contributed by atoms with E-state index in [4.69, 9.17) is 5.73 Å². The van der Waals surface area contributed by atoms with E-state index in [-0.39, 0.29) is 9.47 Å². The van der Waals surface area contributed by atoms with Crippen molar-refractivity contribution in [2.45, 2.75) is 11.3 Å². The number of aryl methyl sites for hydroxylation is 1. The molecule has 0 spiro atoms. The summed E-state index contributed by atoms with van der Waals surface area (Å²) in [5.74, 6) is 0. The summed E-state index contributed by atoms with van der Waals surface area (Å²) in [7, 11) is -3.72. The van der Waals surface area contributed by atoms with E-state index in [1.54, 1.807) is 18.2 Å². The second kappa shape index (κ2) is 4.82. The van der Waals surface area contributed by atoms with Crippen LogP contribution in [0.25, 0.3) is 0 Å². The number of hydrogen-bond acceptors (Lipinski definition) is 6. The van der Waals surface area contributed by atoms with E-state index in [2.05, 4.69) is 30.8 Å². The van der Waals surface area contributed by atoms with Crippen molar-refractivity contribution in [1.29, 1.82) is 0 Å². The Morgan fingerprint density at radius 1 is 1.39 bits per heavy atom. The van der Waals surface area contributed by atoms with Gasteiger partial charge in [0.2, 0.25) is 5.13 Å². The van der Waals surface area contributed by atoms with Crippen molar-refractivity contribution in [2.75, 3.05) is 10.5 Å². The lowest BCUT2D eigenvalue weighted by atomic mass is 10.2. The largest absolute Gasteiger partial charge is 0.374 e. The molecule has 0 saturated carbocycles. The zero-order valence-corrected chi connectivity index (χ0v) is 12.4. The highest BCUT2D eigenvalue weighted by atomic mass is 79.9. The van der Waals surface area contributed by atoms with Crippen LogP contribution in [0.5, 0.6) is 0 Å². The predicted molar refractivity (Wildman–Crippen MR) is 74.0 cm³/mol. The summed E-state index contributed by atoms with van der Waals surface area (Å²) in [5.41, 5.74) is 6.74. The molecule has 0 aliphatic heterocycles. The van der Waals surface area contributed by atoms with Gasteiger partial charge in [-0.25, -0.2) is 0 Å². The maximum Gasteiger partial charge on any atom is 0.291 e. The zero-order valence-electron chi connectivity index (χ0n) is 9.21. The smallest absolute Gasteiger partial charge is 0.291 e. The Morgan fingerprint density at radius 2 is 2.11 bits per heavy atom. The van der Waals surface area contributed by atoms with Crippen LogP contribution in [0.3, 0.4) is 0 Å². The third-order valence-corrected chi connectivity index (χ3v) is 5.45. The molecule has 1 heterocycles. The standard InChI is InChI=1S/C9H9BrN4O2S2/c1-5-4-6(2-3-7(5)10)14-18(15,16)9-13-12-8(11)17-9/h2-4,14H,1H3,(H2,11,12). The summed E-state index contributed by atoms with van der Waals surface area (Å²) in [6.07, 6.45) is 0. The molecule has 0 atom stereocenters. The highest BCUT2D eigenvalue weighted by Gasteiger charge is 2.19. The molecular weight excluding hydrogens is 340 g/mol. The highest BCUT2D eigenvalue weighted by Crippen LogP contribution is 2.24. The SMILES string of the molecule is Cc1cc(NS(=O)(=O)c2nnc(N)s2)ccc1Br. The van der Waals surface area contributed by atoms with E-state index in [1.165, 1.54) is 0 Å². The van der Waals surface area contributed by atoms with Crippen LogP contribution in [-0.4, -0.2) is 18.6 Å². The zero-order chi connectivity index (χ0) is 13.3. The maximum atomic E-state index is 11.9. The summed E-state index contributed by atoms with van der Waals surface area (Å²) >= 11 is 4.16. The first-order chi connectivity index (χ1) is 8.38. The lowest BCUT2D eigenvalue weighted by molar-refractivity contribution is 0.599. The molecule has 0 amide bonds. The molecular formula is C9H9BrN4O2S2. The van der Waals surface area contributed by atoms with Crippen LogP contribution in [0.4, 0.5) is 10.8 Å². The minimum absolute atomic E-state index is 0.113. The molecule has 96 valence electrons. The molecule has 1 aromatic heterocycles.